The Kier molecular flexibility index (Phi) is 14.0. The van der Waals surface area contributed by atoms with Crippen molar-refractivity contribution >= 4 is 29.9 Å². The van der Waals surface area contributed by atoms with Gasteiger partial charge in [0, 0.05) is 32.2 Å². The van der Waals surface area contributed by atoms with Crippen molar-refractivity contribution in [3.05, 3.63) is 0 Å². The molecule has 1 saturated heterocycles. The van der Waals surface area contributed by atoms with Crippen LogP contribution in [-0.2, 0) is 0 Å². The lowest BCUT2D eigenvalue weighted by atomic mass is 9.89. The average Bonchev–Trinajstić information content (AvgIpc) is 2.73. The van der Waals surface area contributed by atoms with Gasteiger partial charge < -0.3 is 20.4 Å². The Hall–Kier alpha value is -0.0800. The van der Waals surface area contributed by atoms with E-state index in [1.54, 1.807) is 0 Å². The summed E-state index contributed by atoms with van der Waals surface area (Å²) in [5.41, 5.74) is 0.395. The second-order valence-electron chi connectivity index (χ2n) is 8.76. The van der Waals surface area contributed by atoms with Crippen LogP contribution < -0.4 is 10.6 Å². The quantitative estimate of drug-likeness (QED) is 0.242. The van der Waals surface area contributed by atoms with Crippen LogP contribution in [0.15, 0.2) is 4.99 Å². The van der Waals surface area contributed by atoms with Crippen LogP contribution in [0.4, 0.5) is 0 Å². The SMILES string of the molecule is CCNC(=NCCCN1CCCN(C)CC1)NC(C)CCC(C)(C)C.I. The molecular weight excluding hydrogens is 437 g/mol. The molecule has 0 spiro atoms. The van der Waals surface area contributed by atoms with E-state index in [1.807, 2.05) is 0 Å². The summed E-state index contributed by atoms with van der Waals surface area (Å²) in [4.78, 5) is 9.80. The van der Waals surface area contributed by atoms with Crippen LogP contribution in [0.25, 0.3) is 0 Å². The van der Waals surface area contributed by atoms with Crippen LogP contribution in [0.5, 0.6) is 0 Å². The Labute approximate surface area is 179 Å². The molecule has 1 unspecified atom stereocenters. The van der Waals surface area contributed by atoms with Crippen LogP contribution >= 0.6 is 24.0 Å². The summed E-state index contributed by atoms with van der Waals surface area (Å²) in [6, 6.07) is 0.457. The van der Waals surface area contributed by atoms with E-state index in [2.05, 4.69) is 62.1 Å². The van der Waals surface area contributed by atoms with E-state index in [-0.39, 0.29) is 24.0 Å². The molecule has 0 saturated carbocycles. The topological polar surface area (TPSA) is 42.9 Å². The second kappa shape index (κ2) is 14.0. The summed E-state index contributed by atoms with van der Waals surface area (Å²) in [5.74, 6) is 0.972. The third kappa shape index (κ3) is 13.1. The van der Waals surface area contributed by atoms with Crippen molar-refractivity contribution in [1.82, 2.24) is 20.4 Å². The number of nitrogens with zero attached hydrogens (tertiary/aromatic N) is 3. The molecule has 0 aliphatic carbocycles. The predicted octanol–water partition coefficient (Wildman–Crippen LogP) is 3.40. The molecule has 1 aliphatic rings. The van der Waals surface area contributed by atoms with Crippen molar-refractivity contribution in [3.8, 4) is 0 Å². The Balaban J connectivity index is 0.00000625. The van der Waals surface area contributed by atoms with Crippen molar-refractivity contribution in [2.45, 2.75) is 66.3 Å². The van der Waals surface area contributed by atoms with Crippen LogP contribution in [0.2, 0.25) is 0 Å². The summed E-state index contributed by atoms with van der Waals surface area (Å²) in [6.45, 7) is 19.1. The number of hydrogen-bond acceptors (Lipinski definition) is 3. The van der Waals surface area contributed by atoms with Crippen molar-refractivity contribution in [2.75, 3.05) is 52.9 Å². The van der Waals surface area contributed by atoms with E-state index in [0.717, 1.165) is 32.0 Å². The van der Waals surface area contributed by atoms with Crippen molar-refractivity contribution < 1.29 is 0 Å². The molecule has 0 aromatic carbocycles. The van der Waals surface area contributed by atoms with Crippen LogP contribution in [0.3, 0.4) is 0 Å². The summed E-state index contributed by atoms with van der Waals surface area (Å²) < 4.78 is 0. The molecule has 156 valence electrons. The first-order chi connectivity index (χ1) is 11.8. The van der Waals surface area contributed by atoms with Gasteiger partial charge in [0.15, 0.2) is 5.96 Å². The molecule has 0 bridgehead atoms. The first-order valence-corrected chi connectivity index (χ1v) is 10.3. The smallest absolute Gasteiger partial charge is 0.191 e. The summed E-state index contributed by atoms with van der Waals surface area (Å²) in [6.07, 6.45) is 4.82. The highest BCUT2D eigenvalue weighted by Crippen LogP contribution is 2.21. The van der Waals surface area contributed by atoms with E-state index in [9.17, 15) is 0 Å². The molecule has 0 aromatic heterocycles. The van der Waals surface area contributed by atoms with Gasteiger partial charge in [0.2, 0.25) is 0 Å². The maximum absolute atomic E-state index is 4.78. The Bertz CT molecular complexity index is 381. The van der Waals surface area contributed by atoms with Crippen LogP contribution in [0.1, 0.15) is 60.3 Å². The minimum Gasteiger partial charge on any atom is -0.357 e. The van der Waals surface area contributed by atoms with E-state index in [0.29, 0.717) is 11.5 Å². The van der Waals surface area contributed by atoms with Gasteiger partial charge in [-0.1, -0.05) is 20.8 Å². The average molecular weight is 482 g/mol. The Morgan fingerprint density at radius 3 is 2.54 bits per heavy atom. The van der Waals surface area contributed by atoms with Crippen LogP contribution in [0, 0.1) is 5.41 Å². The number of guanidine groups is 1. The molecule has 1 aliphatic heterocycles. The molecule has 26 heavy (non-hydrogen) atoms. The molecule has 0 aromatic rings. The molecule has 0 radical (unpaired) electrons. The zero-order chi connectivity index (χ0) is 18.7. The number of halogens is 1. The first-order valence-electron chi connectivity index (χ1n) is 10.3. The molecule has 2 N–H and O–H groups in total. The van der Waals surface area contributed by atoms with Crippen LogP contribution in [-0.4, -0.2) is 74.7 Å². The first kappa shape index (κ1) is 25.9. The maximum atomic E-state index is 4.78. The minimum absolute atomic E-state index is 0. The Morgan fingerprint density at radius 1 is 1.15 bits per heavy atom. The van der Waals surface area contributed by atoms with Gasteiger partial charge >= 0.3 is 0 Å². The van der Waals surface area contributed by atoms with E-state index >= 15 is 0 Å². The van der Waals surface area contributed by atoms with Gasteiger partial charge in [0.1, 0.15) is 0 Å². The van der Waals surface area contributed by atoms with Gasteiger partial charge in [-0.05, 0) is 71.6 Å². The predicted molar refractivity (Wildman–Crippen MR) is 126 cm³/mol. The third-order valence-corrected chi connectivity index (χ3v) is 4.77. The van der Waals surface area contributed by atoms with E-state index < -0.39 is 0 Å². The van der Waals surface area contributed by atoms with Gasteiger partial charge in [-0.15, -0.1) is 24.0 Å². The maximum Gasteiger partial charge on any atom is 0.191 e. The largest absolute Gasteiger partial charge is 0.357 e. The fourth-order valence-corrected chi connectivity index (χ4v) is 3.08. The van der Waals surface area contributed by atoms with Gasteiger partial charge in [-0.25, -0.2) is 0 Å². The van der Waals surface area contributed by atoms with E-state index in [1.165, 1.54) is 45.4 Å². The number of hydrogen-bond donors (Lipinski definition) is 2. The number of rotatable bonds is 8. The third-order valence-electron chi connectivity index (χ3n) is 4.77. The lowest BCUT2D eigenvalue weighted by Gasteiger charge is -2.23. The number of nitrogens with one attached hydrogen (secondary N) is 2. The van der Waals surface area contributed by atoms with Gasteiger partial charge in [0.25, 0.3) is 0 Å². The number of aliphatic imine (C=N–C) groups is 1. The van der Waals surface area contributed by atoms with Gasteiger partial charge in [-0.2, -0.15) is 0 Å². The zero-order valence-corrected chi connectivity index (χ0v) is 20.4. The molecular formula is C20H44IN5. The van der Waals surface area contributed by atoms with Gasteiger partial charge in [-0.3, -0.25) is 4.99 Å². The summed E-state index contributed by atoms with van der Waals surface area (Å²) in [5, 5.41) is 6.95. The minimum atomic E-state index is 0. The highest BCUT2D eigenvalue weighted by atomic mass is 127. The van der Waals surface area contributed by atoms with Crippen molar-refractivity contribution in [3.63, 3.8) is 0 Å². The lowest BCUT2D eigenvalue weighted by Crippen LogP contribution is -2.42. The molecule has 1 rings (SSSR count). The zero-order valence-electron chi connectivity index (χ0n) is 18.1. The lowest BCUT2D eigenvalue weighted by molar-refractivity contribution is 0.275. The molecule has 1 atom stereocenters. The molecule has 1 heterocycles. The molecule has 1 fully saturated rings. The number of likely N-dealkylation sites (N-methyl/N-ethyl adjacent to an activating group) is 1. The highest BCUT2D eigenvalue weighted by molar-refractivity contribution is 14.0. The standard InChI is InChI=1S/C20H43N5.HI/c1-7-21-19(23-18(2)10-11-20(3,4)5)22-12-8-14-25-15-9-13-24(6)16-17-25;/h18H,7-17H2,1-6H3,(H2,21,22,23);1H. The highest BCUT2D eigenvalue weighted by Gasteiger charge is 2.14. The van der Waals surface area contributed by atoms with E-state index in [4.69, 9.17) is 4.99 Å². The fraction of sp³-hybridized carbons (Fsp3) is 0.950. The molecule has 6 heteroatoms. The van der Waals surface area contributed by atoms with Crippen molar-refractivity contribution in [2.24, 2.45) is 10.4 Å². The summed E-state index contributed by atoms with van der Waals surface area (Å²) >= 11 is 0. The summed E-state index contributed by atoms with van der Waals surface area (Å²) in [7, 11) is 2.23. The monoisotopic (exact) mass is 481 g/mol. The normalized spacial score (nSPS) is 18.8. The van der Waals surface area contributed by atoms with Gasteiger partial charge in [0.05, 0.1) is 0 Å². The van der Waals surface area contributed by atoms with Crippen molar-refractivity contribution in [1.29, 1.82) is 0 Å². The molecule has 5 nitrogen and oxygen atoms in total. The Morgan fingerprint density at radius 2 is 1.88 bits per heavy atom. The second-order valence-corrected chi connectivity index (χ2v) is 8.76. The fourth-order valence-electron chi connectivity index (χ4n) is 3.08. The molecule has 0 amide bonds.